The van der Waals surface area contributed by atoms with Crippen LogP contribution < -0.4 is 10.6 Å². The Bertz CT molecular complexity index is 430. The summed E-state index contributed by atoms with van der Waals surface area (Å²) in [5.74, 6) is -0.0506. The van der Waals surface area contributed by atoms with E-state index < -0.39 is 6.10 Å². The van der Waals surface area contributed by atoms with Crippen molar-refractivity contribution in [1.29, 1.82) is 0 Å². The van der Waals surface area contributed by atoms with Crippen LogP contribution in [0.15, 0.2) is 24.4 Å². The van der Waals surface area contributed by atoms with Gasteiger partial charge in [-0.2, -0.15) is 0 Å². The minimum Gasteiger partial charge on any atom is -0.372 e. The molecule has 0 radical (unpaired) electrons. The summed E-state index contributed by atoms with van der Waals surface area (Å²) in [5.41, 5.74) is 0.795. The van der Waals surface area contributed by atoms with E-state index in [1.807, 2.05) is 18.2 Å². The molecule has 1 fully saturated rings. The molecule has 1 saturated heterocycles. The molecule has 1 atom stereocenters. The fourth-order valence-corrected chi connectivity index (χ4v) is 2.57. The molecule has 0 unspecified atom stereocenters. The number of nitrogens with zero attached hydrogens (tertiary/aromatic N) is 1. The van der Waals surface area contributed by atoms with E-state index in [9.17, 15) is 4.79 Å². The third kappa shape index (κ3) is 3.77. The van der Waals surface area contributed by atoms with E-state index in [4.69, 9.17) is 4.74 Å². The van der Waals surface area contributed by atoms with Crippen molar-refractivity contribution >= 4 is 5.91 Å². The summed E-state index contributed by atoms with van der Waals surface area (Å²) in [6.07, 6.45) is 3.95. The van der Waals surface area contributed by atoms with Crippen molar-refractivity contribution < 1.29 is 9.53 Å². The molecule has 2 N–H and O–H groups in total. The van der Waals surface area contributed by atoms with Gasteiger partial charge >= 0.3 is 0 Å². The molecule has 1 aliphatic rings. The lowest BCUT2D eigenvalue weighted by Crippen LogP contribution is -2.57. The zero-order valence-electron chi connectivity index (χ0n) is 12.2. The summed E-state index contributed by atoms with van der Waals surface area (Å²) >= 11 is 0. The van der Waals surface area contributed by atoms with Gasteiger partial charge in [0.1, 0.15) is 6.10 Å². The summed E-state index contributed by atoms with van der Waals surface area (Å²) in [4.78, 5) is 16.5. The first kappa shape index (κ1) is 14.9. The number of ether oxygens (including phenoxy) is 1. The van der Waals surface area contributed by atoms with E-state index in [1.165, 1.54) is 0 Å². The minimum atomic E-state index is -0.425. The van der Waals surface area contributed by atoms with Crippen molar-refractivity contribution in [3.05, 3.63) is 30.1 Å². The highest BCUT2D eigenvalue weighted by atomic mass is 16.5. The van der Waals surface area contributed by atoms with Gasteiger partial charge in [0.25, 0.3) is 0 Å². The lowest BCUT2D eigenvalue weighted by molar-refractivity contribution is -0.132. The first-order valence-electron chi connectivity index (χ1n) is 7.11. The summed E-state index contributed by atoms with van der Waals surface area (Å²) in [6.45, 7) is 3.59. The van der Waals surface area contributed by atoms with Crippen LogP contribution >= 0.6 is 0 Å². The van der Waals surface area contributed by atoms with E-state index in [0.29, 0.717) is 0 Å². The predicted octanol–water partition coefficient (Wildman–Crippen LogP) is 0.897. The largest absolute Gasteiger partial charge is 0.372 e. The molecular weight excluding hydrogens is 254 g/mol. The Kier molecular flexibility index (Phi) is 5.09. The van der Waals surface area contributed by atoms with Gasteiger partial charge < -0.3 is 15.4 Å². The number of aromatic nitrogens is 1. The third-order valence-corrected chi connectivity index (χ3v) is 3.92. The lowest BCUT2D eigenvalue weighted by Gasteiger charge is -2.39. The fourth-order valence-electron chi connectivity index (χ4n) is 2.57. The van der Waals surface area contributed by atoms with Crippen LogP contribution in [0.3, 0.4) is 0 Å². The van der Waals surface area contributed by atoms with Crippen molar-refractivity contribution in [1.82, 2.24) is 15.6 Å². The van der Waals surface area contributed by atoms with Gasteiger partial charge in [-0.05, 0) is 45.0 Å². The van der Waals surface area contributed by atoms with Crippen LogP contribution in [0.2, 0.25) is 0 Å². The van der Waals surface area contributed by atoms with Crippen LogP contribution in [-0.2, 0) is 16.0 Å². The molecule has 0 aliphatic carbocycles. The van der Waals surface area contributed by atoms with Gasteiger partial charge in [0.2, 0.25) is 5.91 Å². The molecule has 2 heterocycles. The molecule has 0 spiro atoms. The number of pyridine rings is 1. The average Bonchev–Trinajstić information content (AvgIpc) is 2.48. The van der Waals surface area contributed by atoms with Gasteiger partial charge in [0.05, 0.1) is 0 Å². The first-order valence-corrected chi connectivity index (χ1v) is 7.11. The topological polar surface area (TPSA) is 63.2 Å². The van der Waals surface area contributed by atoms with Gasteiger partial charge in [-0.15, -0.1) is 0 Å². The van der Waals surface area contributed by atoms with E-state index in [1.54, 1.807) is 20.2 Å². The second kappa shape index (κ2) is 6.81. The Labute approximate surface area is 120 Å². The normalized spacial score (nSPS) is 19.3. The number of carbonyl (C=O) groups is 1. The molecule has 0 aromatic carbocycles. The smallest absolute Gasteiger partial charge is 0.249 e. The van der Waals surface area contributed by atoms with Gasteiger partial charge in [0, 0.05) is 31.0 Å². The zero-order chi connectivity index (χ0) is 14.4. The number of rotatable bonds is 5. The molecule has 5 nitrogen and oxygen atoms in total. The molecule has 2 rings (SSSR count). The van der Waals surface area contributed by atoms with E-state index >= 15 is 0 Å². The second-order valence-electron chi connectivity index (χ2n) is 5.40. The molecule has 1 aromatic rings. The predicted molar refractivity (Wildman–Crippen MR) is 77.4 cm³/mol. The minimum absolute atomic E-state index is 0.0506. The molecule has 110 valence electrons. The maximum Gasteiger partial charge on any atom is 0.249 e. The molecule has 20 heavy (non-hydrogen) atoms. The summed E-state index contributed by atoms with van der Waals surface area (Å²) in [7, 11) is 1.55. The van der Waals surface area contributed by atoms with Gasteiger partial charge in [0.15, 0.2) is 0 Å². The fraction of sp³-hybridized carbons (Fsp3) is 0.600. The van der Waals surface area contributed by atoms with E-state index in [2.05, 4.69) is 15.6 Å². The average molecular weight is 277 g/mol. The van der Waals surface area contributed by atoms with Crippen LogP contribution in [0.5, 0.6) is 0 Å². The van der Waals surface area contributed by atoms with Crippen molar-refractivity contribution in [2.24, 2.45) is 0 Å². The molecular formula is C15H23N3O2. The highest BCUT2D eigenvalue weighted by Gasteiger charge is 2.35. The summed E-state index contributed by atoms with van der Waals surface area (Å²) < 4.78 is 5.11. The van der Waals surface area contributed by atoms with Crippen LogP contribution in [0.4, 0.5) is 0 Å². The number of piperidine rings is 1. The summed E-state index contributed by atoms with van der Waals surface area (Å²) in [6, 6.07) is 5.90. The Morgan fingerprint density at radius 2 is 2.25 bits per heavy atom. The Hall–Kier alpha value is -1.46. The van der Waals surface area contributed by atoms with E-state index in [0.717, 1.165) is 38.0 Å². The van der Waals surface area contributed by atoms with Gasteiger partial charge in [-0.3, -0.25) is 9.78 Å². The Morgan fingerprint density at radius 3 is 2.85 bits per heavy atom. The van der Waals surface area contributed by atoms with Crippen LogP contribution in [0, 0.1) is 0 Å². The molecule has 1 aromatic heterocycles. The number of carbonyl (C=O) groups excluding carboxylic acids is 1. The van der Waals surface area contributed by atoms with Crippen LogP contribution in [-0.4, -0.2) is 42.7 Å². The van der Waals surface area contributed by atoms with Crippen molar-refractivity contribution in [2.45, 2.75) is 37.8 Å². The SMILES string of the molecule is CO[C@H](C)C(=O)NC1(Cc2ccccn2)CCNCC1. The quantitative estimate of drug-likeness (QED) is 0.839. The number of amides is 1. The molecule has 1 aliphatic heterocycles. The number of methoxy groups -OCH3 is 1. The molecule has 5 heteroatoms. The molecule has 0 saturated carbocycles. The third-order valence-electron chi connectivity index (χ3n) is 3.92. The maximum atomic E-state index is 12.2. The van der Waals surface area contributed by atoms with E-state index in [-0.39, 0.29) is 11.4 Å². The number of nitrogens with one attached hydrogen (secondary N) is 2. The number of hydrogen-bond donors (Lipinski definition) is 2. The highest BCUT2D eigenvalue weighted by molar-refractivity contribution is 5.81. The highest BCUT2D eigenvalue weighted by Crippen LogP contribution is 2.23. The Balaban J connectivity index is 2.11. The molecule has 0 bridgehead atoms. The number of hydrogen-bond acceptors (Lipinski definition) is 4. The van der Waals surface area contributed by atoms with Crippen molar-refractivity contribution in [3.8, 4) is 0 Å². The van der Waals surface area contributed by atoms with Crippen molar-refractivity contribution in [3.63, 3.8) is 0 Å². The first-order chi connectivity index (χ1) is 9.65. The van der Waals surface area contributed by atoms with Crippen LogP contribution in [0.1, 0.15) is 25.5 Å². The summed E-state index contributed by atoms with van der Waals surface area (Å²) in [5, 5.41) is 6.53. The lowest BCUT2D eigenvalue weighted by atomic mass is 9.83. The second-order valence-corrected chi connectivity index (χ2v) is 5.40. The standard InChI is InChI=1S/C15H23N3O2/c1-12(20-2)14(19)18-15(6-9-16-10-7-15)11-13-5-3-4-8-17-13/h3-5,8,12,16H,6-7,9-11H2,1-2H3,(H,18,19)/t12-/m1/s1. The maximum absolute atomic E-state index is 12.2. The van der Waals surface area contributed by atoms with Crippen LogP contribution in [0.25, 0.3) is 0 Å². The zero-order valence-corrected chi connectivity index (χ0v) is 12.2. The molecule has 1 amide bonds. The van der Waals surface area contributed by atoms with Gasteiger partial charge in [-0.1, -0.05) is 6.07 Å². The van der Waals surface area contributed by atoms with Crippen molar-refractivity contribution in [2.75, 3.05) is 20.2 Å². The Morgan fingerprint density at radius 1 is 1.50 bits per heavy atom. The monoisotopic (exact) mass is 277 g/mol. The van der Waals surface area contributed by atoms with Gasteiger partial charge in [-0.25, -0.2) is 0 Å².